The molecule has 2 heterocycles. The molecule has 0 atom stereocenters. The molecule has 2 N–H and O–H groups in total. The zero-order valence-corrected chi connectivity index (χ0v) is 19.1. The lowest BCUT2D eigenvalue weighted by Crippen LogP contribution is -2.51. The van der Waals surface area contributed by atoms with Crippen LogP contribution < -0.4 is 15.4 Å². The molecule has 0 saturated carbocycles. The Hall–Kier alpha value is -2.58. The number of carbonyl (C=O) groups is 2. The largest absolute Gasteiger partial charge is 0.493 e. The maximum absolute atomic E-state index is 12.7. The predicted octanol–water partition coefficient (Wildman–Crippen LogP) is 2.45. The minimum atomic E-state index is -0.359. The Morgan fingerprint density at radius 1 is 1.29 bits per heavy atom. The van der Waals surface area contributed by atoms with E-state index in [-0.39, 0.29) is 24.8 Å². The number of primary amides is 1. The number of piperazine rings is 1. The number of benzene rings is 1. The Morgan fingerprint density at radius 3 is 2.74 bits per heavy atom. The first-order valence-corrected chi connectivity index (χ1v) is 10.9. The van der Waals surface area contributed by atoms with Crippen LogP contribution in [0.4, 0.5) is 5.82 Å². The highest BCUT2D eigenvalue weighted by Crippen LogP contribution is 2.26. The average molecular weight is 448 g/mol. The van der Waals surface area contributed by atoms with Gasteiger partial charge in [-0.15, -0.1) is 0 Å². The van der Waals surface area contributed by atoms with Crippen LogP contribution in [0.3, 0.4) is 0 Å². The molecule has 9 heteroatoms. The quantitative estimate of drug-likeness (QED) is 0.637. The molecule has 0 aliphatic carbocycles. The number of nitrogens with two attached hydrogens (primary N) is 1. The van der Waals surface area contributed by atoms with E-state index >= 15 is 0 Å². The highest BCUT2D eigenvalue weighted by molar-refractivity contribution is 6.30. The first kappa shape index (κ1) is 23.1. The third-order valence-electron chi connectivity index (χ3n) is 5.13. The van der Waals surface area contributed by atoms with Crippen molar-refractivity contribution in [3.63, 3.8) is 0 Å². The monoisotopic (exact) mass is 447 g/mol. The Labute approximate surface area is 187 Å². The minimum Gasteiger partial charge on any atom is -0.493 e. The number of amides is 2. The van der Waals surface area contributed by atoms with E-state index in [0.717, 1.165) is 17.0 Å². The number of carbonyl (C=O) groups excluding carboxylic acids is 2. The summed E-state index contributed by atoms with van der Waals surface area (Å²) in [6.45, 7) is 9.22. The van der Waals surface area contributed by atoms with Crippen molar-refractivity contribution in [2.45, 2.75) is 33.7 Å². The molecule has 1 aliphatic rings. The second kappa shape index (κ2) is 10.2. The smallest absolute Gasteiger partial charge is 0.242 e. The van der Waals surface area contributed by atoms with Crippen LogP contribution in [0, 0.1) is 12.8 Å². The van der Waals surface area contributed by atoms with E-state index in [4.69, 9.17) is 22.1 Å². The molecular formula is C22H30ClN5O3. The van der Waals surface area contributed by atoms with Gasteiger partial charge in [0.25, 0.3) is 0 Å². The lowest BCUT2D eigenvalue weighted by atomic mass is 10.2. The van der Waals surface area contributed by atoms with Crippen molar-refractivity contribution in [3.8, 4) is 5.75 Å². The van der Waals surface area contributed by atoms with Crippen molar-refractivity contribution in [1.29, 1.82) is 0 Å². The number of aromatic nitrogens is 2. The number of hydrogen-bond donors (Lipinski definition) is 1. The first-order valence-electron chi connectivity index (χ1n) is 10.5. The topological polar surface area (TPSA) is 93.7 Å². The van der Waals surface area contributed by atoms with Gasteiger partial charge in [-0.25, -0.2) is 0 Å². The molecule has 0 radical (unpaired) electrons. The summed E-state index contributed by atoms with van der Waals surface area (Å²) in [5.41, 5.74) is 7.08. The van der Waals surface area contributed by atoms with Gasteiger partial charge in [-0.1, -0.05) is 25.4 Å². The SMILES string of the molecule is Cc1cc(N2CCN(CCC(N)=O)CC2=O)nn1Cc1cc(Cl)ccc1OCC(C)C. The summed E-state index contributed by atoms with van der Waals surface area (Å²) in [5, 5.41) is 5.31. The van der Waals surface area contributed by atoms with Crippen molar-refractivity contribution in [3.05, 3.63) is 40.5 Å². The van der Waals surface area contributed by atoms with E-state index in [0.29, 0.717) is 49.5 Å². The second-order valence-electron chi connectivity index (χ2n) is 8.30. The fourth-order valence-electron chi connectivity index (χ4n) is 3.44. The summed E-state index contributed by atoms with van der Waals surface area (Å²) in [5.74, 6) is 1.43. The minimum absolute atomic E-state index is 0.0379. The van der Waals surface area contributed by atoms with Gasteiger partial charge >= 0.3 is 0 Å². The molecule has 1 saturated heterocycles. The van der Waals surface area contributed by atoms with Gasteiger partial charge in [0, 0.05) is 48.4 Å². The summed E-state index contributed by atoms with van der Waals surface area (Å²) in [6, 6.07) is 7.50. The second-order valence-corrected chi connectivity index (χ2v) is 8.73. The van der Waals surface area contributed by atoms with Crippen molar-refractivity contribution in [2.24, 2.45) is 11.7 Å². The Bertz CT molecular complexity index is 943. The average Bonchev–Trinajstić information content (AvgIpc) is 3.05. The van der Waals surface area contributed by atoms with Gasteiger partial charge in [-0.2, -0.15) is 5.10 Å². The summed E-state index contributed by atoms with van der Waals surface area (Å²) >= 11 is 6.22. The Balaban J connectivity index is 1.71. The fraction of sp³-hybridized carbons (Fsp3) is 0.500. The third kappa shape index (κ3) is 6.21. The highest BCUT2D eigenvalue weighted by atomic mass is 35.5. The molecule has 3 rings (SSSR count). The van der Waals surface area contributed by atoms with Crippen LogP contribution in [-0.4, -0.2) is 59.3 Å². The molecule has 168 valence electrons. The van der Waals surface area contributed by atoms with Crippen LogP contribution in [0.2, 0.25) is 5.02 Å². The maximum atomic E-state index is 12.7. The molecule has 31 heavy (non-hydrogen) atoms. The normalized spacial score (nSPS) is 15.0. The third-order valence-corrected chi connectivity index (χ3v) is 5.37. The number of anilines is 1. The van der Waals surface area contributed by atoms with Crippen LogP contribution >= 0.6 is 11.6 Å². The van der Waals surface area contributed by atoms with Crippen molar-refractivity contribution >= 4 is 29.2 Å². The lowest BCUT2D eigenvalue weighted by molar-refractivity contribution is -0.123. The van der Waals surface area contributed by atoms with Crippen LogP contribution in [0.1, 0.15) is 31.5 Å². The van der Waals surface area contributed by atoms with Gasteiger partial charge < -0.3 is 10.5 Å². The lowest BCUT2D eigenvalue weighted by Gasteiger charge is -2.32. The zero-order chi connectivity index (χ0) is 22.5. The summed E-state index contributed by atoms with van der Waals surface area (Å²) in [6.07, 6.45) is 0.252. The van der Waals surface area contributed by atoms with E-state index < -0.39 is 0 Å². The van der Waals surface area contributed by atoms with Gasteiger partial charge in [0.2, 0.25) is 11.8 Å². The van der Waals surface area contributed by atoms with Crippen molar-refractivity contribution in [2.75, 3.05) is 37.7 Å². The van der Waals surface area contributed by atoms with E-state index in [1.165, 1.54) is 0 Å². The number of aryl methyl sites for hydroxylation is 1. The number of hydrogen-bond acceptors (Lipinski definition) is 5. The van der Waals surface area contributed by atoms with Crippen LogP contribution in [0.25, 0.3) is 0 Å². The van der Waals surface area contributed by atoms with Crippen LogP contribution in [0.5, 0.6) is 5.75 Å². The van der Waals surface area contributed by atoms with Crippen LogP contribution in [-0.2, 0) is 16.1 Å². The summed E-state index contributed by atoms with van der Waals surface area (Å²) in [4.78, 5) is 27.3. The molecule has 1 aliphatic heterocycles. The molecule has 1 aromatic heterocycles. The molecule has 0 unspecified atom stereocenters. The van der Waals surface area contributed by atoms with Gasteiger partial charge in [-0.05, 0) is 31.0 Å². The van der Waals surface area contributed by atoms with Crippen molar-refractivity contribution in [1.82, 2.24) is 14.7 Å². The number of nitrogens with zero attached hydrogens (tertiary/aromatic N) is 4. The molecular weight excluding hydrogens is 418 g/mol. The predicted molar refractivity (Wildman–Crippen MR) is 120 cm³/mol. The Morgan fingerprint density at radius 2 is 2.06 bits per heavy atom. The molecule has 2 aromatic rings. The van der Waals surface area contributed by atoms with E-state index in [2.05, 4.69) is 18.9 Å². The zero-order valence-electron chi connectivity index (χ0n) is 18.3. The van der Waals surface area contributed by atoms with Crippen molar-refractivity contribution < 1.29 is 14.3 Å². The van der Waals surface area contributed by atoms with Crippen LogP contribution in [0.15, 0.2) is 24.3 Å². The number of ether oxygens (including phenoxy) is 1. The van der Waals surface area contributed by atoms with E-state index in [1.807, 2.05) is 40.8 Å². The maximum Gasteiger partial charge on any atom is 0.242 e. The molecule has 0 bridgehead atoms. The first-order chi connectivity index (χ1) is 14.7. The van der Waals surface area contributed by atoms with Gasteiger partial charge in [0.1, 0.15) is 5.75 Å². The molecule has 8 nitrogen and oxygen atoms in total. The Kier molecular flexibility index (Phi) is 7.56. The van der Waals surface area contributed by atoms with Gasteiger partial charge in [-0.3, -0.25) is 24.1 Å². The van der Waals surface area contributed by atoms with E-state index in [1.54, 1.807) is 4.90 Å². The van der Waals surface area contributed by atoms with Gasteiger partial charge in [0.05, 0.1) is 19.7 Å². The molecule has 1 aromatic carbocycles. The summed E-state index contributed by atoms with van der Waals surface area (Å²) < 4.78 is 7.81. The standard InChI is InChI=1S/C22H30ClN5O3/c1-15(2)14-31-19-5-4-18(23)11-17(19)12-28-16(3)10-21(25-28)27-9-8-26(13-22(27)30)7-6-20(24)29/h4-5,10-11,15H,6-9,12-14H2,1-3H3,(H2,24,29). The number of halogens is 1. The van der Waals surface area contributed by atoms with Gasteiger partial charge in [0.15, 0.2) is 5.82 Å². The fourth-order valence-corrected chi connectivity index (χ4v) is 3.63. The number of rotatable bonds is 9. The molecule has 0 spiro atoms. The molecule has 1 fully saturated rings. The highest BCUT2D eigenvalue weighted by Gasteiger charge is 2.27. The van der Waals surface area contributed by atoms with E-state index in [9.17, 15) is 9.59 Å². The molecule has 2 amide bonds. The summed E-state index contributed by atoms with van der Waals surface area (Å²) in [7, 11) is 0.